The van der Waals surface area contributed by atoms with Gasteiger partial charge in [-0.2, -0.15) is 0 Å². The molecule has 6 heteroatoms. The van der Waals surface area contributed by atoms with E-state index in [0.717, 1.165) is 11.4 Å². The Balaban J connectivity index is 2.32. The number of carbonyl (C=O) groups is 2. The normalized spacial score (nSPS) is 10.9. The fraction of sp³-hybridized carbons (Fsp3) is 0.231. The first-order chi connectivity index (χ1) is 15.2. The van der Waals surface area contributed by atoms with Gasteiger partial charge in [0.05, 0.1) is 22.5 Å². The van der Waals surface area contributed by atoms with Gasteiger partial charge >= 0.3 is 11.9 Å². The van der Waals surface area contributed by atoms with E-state index in [0.29, 0.717) is 11.4 Å². The number of hydrogen-bond donors (Lipinski definition) is 2. The molecular formula is C26H28N2O4. The monoisotopic (exact) mass is 432 g/mol. The Kier molecular flexibility index (Phi) is 6.83. The van der Waals surface area contributed by atoms with Crippen molar-refractivity contribution in [2.24, 2.45) is 0 Å². The second-order valence-corrected chi connectivity index (χ2v) is 8.10. The van der Waals surface area contributed by atoms with Crippen LogP contribution in [-0.2, 0) is 0 Å². The van der Waals surface area contributed by atoms with Crippen molar-refractivity contribution in [1.29, 1.82) is 0 Å². The van der Waals surface area contributed by atoms with Crippen molar-refractivity contribution in [1.82, 2.24) is 0 Å². The van der Waals surface area contributed by atoms with E-state index in [1.807, 2.05) is 98.2 Å². The summed E-state index contributed by atoms with van der Waals surface area (Å²) in [7, 11) is 0. The molecule has 0 spiro atoms. The minimum atomic E-state index is -1.11. The molecule has 6 nitrogen and oxygen atoms in total. The summed E-state index contributed by atoms with van der Waals surface area (Å²) in [6.07, 6.45) is 0. The van der Waals surface area contributed by atoms with Crippen molar-refractivity contribution in [2.75, 3.05) is 9.80 Å². The third-order valence-corrected chi connectivity index (χ3v) is 5.20. The smallest absolute Gasteiger partial charge is 0.337 e. The van der Waals surface area contributed by atoms with Crippen molar-refractivity contribution in [3.63, 3.8) is 0 Å². The van der Waals surface area contributed by atoms with Gasteiger partial charge in [0.15, 0.2) is 0 Å². The molecule has 0 radical (unpaired) electrons. The molecule has 0 saturated heterocycles. The van der Waals surface area contributed by atoms with Crippen LogP contribution in [0.5, 0.6) is 0 Å². The molecule has 0 unspecified atom stereocenters. The van der Waals surface area contributed by atoms with Crippen LogP contribution in [0.2, 0.25) is 0 Å². The molecule has 0 fully saturated rings. The molecule has 3 aromatic rings. The highest BCUT2D eigenvalue weighted by atomic mass is 16.4. The van der Waals surface area contributed by atoms with E-state index >= 15 is 0 Å². The molecule has 0 amide bonds. The van der Waals surface area contributed by atoms with Gasteiger partial charge in [-0.15, -0.1) is 0 Å². The lowest BCUT2D eigenvalue weighted by Crippen LogP contribution is -2.30. The van der Waals surface area contributed by atoms with Gasteiger partial charge in [-0.25, -0.2) is 9.59 Å². The first-order valence-corrected chi connectivity index (χ1v) is 10.6. The molecule has 0 aliphatic heterocycles. The Labute approximate surface area is 188 Å². The van der Waals surface area contributed by atoms with Gasteiger partial charge in [0.1, 0.15) is 0 Å². The molecule has 0 heterocycles. The minimum absolute atomic E-state index is 0.0455. The van der Waals surface area contributed by atoms with Crippen LogP contribution in [0.4, 0.5) is 22.7 Å². The number of hydrogen-bond acceptors (Lipinski definition) is 4. The summed E-state index contributed by atoms with van der Waals surface area (Å²) in [5, 5.41) is 20.2. The summed E-state index contributed by atoms with van der Waals surface area (Å²) in [4.78, 5) is 28.4. The Morgan fingerprint density at radius 3 is 1.19 bits per heavy atom. The summed E-state index contributed by atoms with van der Waals surface area (Å²) in [5.74, 6) is -2.23. The number of anilines is 4. The quantitative estimate of drug-likeness (QED) is 0.443. The highest BCUT2D eigenvalue weighted by Crippen LogP contribution is 2.39. The number of aromatic carboxylic acids is 2. The molecule has 0 atom stereocenters. The molecular weight excluding hydrogens is 404 g/mol. The molecule has 0 aliphatic rings. The Morgan fingerprint density at radius 1 is 0.625 bits per heavy atom. The number of nitrogens with zero attached hydrogens (tertiary/aromatic N) is 2. The van der Waals surface area contributed by atoms with Crippen LogP contribution in [0.15, 0.2) is 72.8 Å². The Morgan fingerprint density at radius 2 is 0.938 bits per heavy atom. The van der Waals surface area contributed by atoms with Crippen LogP contribution in [0, 0.1) is 0 Å². The maximum absolute atomic E-state index is 12.3. The van der Waals surface area contributed by atoms with E-state index in [9.17, 15) is 19.8 Å². The lowest BCUT2D eigenvalue weighted by molar-refractivity contribution is 0.0682. The molecule has 0 saturated carbocycles. The molecule has 0 aliphatic carbocycles. The summed E-state index contributed by atoms with van der Waals surface area (Å²) < 4.78 is 0. The van der Waals surface area contributed by atoms with Gasteiger partial charge in [-0.05, 0) is 64.1 Å². The topological polar surface area (TPSA) is 81.1 Å². The minimum Gasteiger partial charge on any atom is -0.478 e. The van der Waals surface area contributed by atoms with Crippen LogP contribution in [0.25, 0.3) is 0 Å². The van der Waals surface area contributed by atoms with E-state index < -0.39 is 11.9 Å². The molecule has 0 aromatic heterocycles. The van der Waals surface area contributed by atoms with Gasteiger partial charge in [0, 0.05) is 23.5 Å². The van der Waals surface area contributed by atoms with E-state index in [-0.39, 0.29) is 23.2 Å². The second kappa shape index (κ2) is 9.56. The SMILES string of the molecule is CC(C)N(c1ccccc1)c1cc(C(=O)O)c(N(c2ccccc2)C(C)C)cc1C(=O)O. The summed E-state index contributed by atoms with van der Waals surface area (Å²) in [6, 6.07) is 21.5. The van der Waals surface area contributed by atoms with Crippen LogP contribution < -0.4 is 9.80 Å². The van der Waals surface area contributed by atoms with E-state index in [2.05, 4.69) is 0 Å². The van der Waals surface area contributed by atoms with Crippen molar-refractivity contribution >= 4 is 34.7 Å². The van der Waals surface area contributed by atoms with E-state index in [4.69, 9.17) is 0 Å². The average Bonchev–Trinajstić information content (AvgIpc) is 2.75. The van der Waals surface area contributed by atoms with E-state index in [1.165, 1.54) is 12.1 Å². The van der Waals surface area contributed by atoms with Gasteiger partial charge in [0.25, 0.3) is 0 Å². The zero-order chi connectivity index (χ0) is 23.4. The summed E-state index contributed by atoms with van der Waals surface area (Å²) in [5.41, 5.74) is 2.36. The fourth-order valence-corrected chi connectivity index (χ4v) is 3.93. The largest absolute Gasteiger partial charge is 0.478 e. The summed E-state index contributed by atoms with van der Waals surface area (Å²) >= 11 is 0. The van der Waals surface area contributed by atoms with Crippen LogP contribution in [0.1, 0.15) is 48.4 Å². The number of carboxylic acid groups (broad SMARTS) is 2. The lowest BCUT2D eigenvalue weighted by Gasteiger charge is -2.34. The standard InChI is InChI=1S/C26H28N2O4/c1-17(2)27(19-11-7-5-8-12-19)23-15-22(26(31)32)24(16-21(23)25(29)30)28(18(3)4)20-13-9-6-10-14-20/h5-18H,1-4H3,(H,29,30)(H,31,32). The predicted octanol–water partition coefficient (Wildman–Crippen LogP) is 6.18. The van der Waals surface area contributed by atoms with Crippen LogP contribution in [-0.4, -0.2) is 34.2 Å². The molecule has 2 N–H and O–H groups in total. The second-order valence-electron chi connectivity index (χ2n) is 8.10. The first-order valence-electron chi connectivity index (χ1n) is 10.6. The number of rotatable bonds is 8. The molecule has 3 rings (SSSR count). The van der Waals surface area contributed by atoms with Crippen molar-refractivity contribution in [3.05, 3.63) is 83.9 Å². The molecule has 0 bridgehead atoms. The molecule has 32 heavy (non-hydrogen) atoms. The number of benzene rings is 3. The van der Waals surface area contributed by atoms with Gasteiger partial charge in [-0.3, -0.25) is 0 Å². The predicted molar refractivity (Wildman–Crippen MR) is 128 cm³/mol. The van der Waals surface area contributed by atoms with Gasteiger partial charge < -0.3 is 20.0 Å². The number of para-hydroxylation sites is 2. The zero-order valence-corrected chi connectivity index (χ0v) is 18.7. The lowest BCUT2D eigenvalue weighted by atomic mass is 10.0. The molecule has 3 aromatic carbocycles. The Hall–Kier alpha value is -3.80. The average molecular weight is 433 g/mol. The van der Waals surface area contributed by atoms with Crippen molar-refractivity contribution in [3.8, 4) is 0 Å². The maximum Gasteiger partial charge on any atom is 0.337 e. The van der Waals surface area contributed by atoms with Crippen molar-refractivity contribution in [2.45, 2.75) is 39.8 Å². The van der Waals surface area contributed by atoms with Crippen LogP contribution in [0.3, 0.4) is 0 Å². The molecule has 166 valence electrons. The van der Waals surface area contributed by atoms with E-state index in [1.54, 1.807) is 0 Å². The van der Waals surface area contributed by atoms with Gasteiger partial charge in [-0.1, -0.05) is 36.4 Å². The highest BCUT2D eigenvalue weighted by molar-refractivity contribution is 6.04. The fourth-order valence-electron chi connectivity index (χ4n) is 3.93. The van der Waals surface area contributed by atoms with Gasteiger partial charge in [0.2, 0.25) is 0 Å². The third-order valence-electron chi connectivity index (χ3n) is 5.20. The zero-order valence-electron chi connectivity index (χ0n) is 18.7. The number of carboxylic acids is 2. The maximum atomic E-state index is 12.3. The first kappa shape index (κ1) is 22.9. The van der Waals surface area contributed by atoms with Crippen molar-refractivity contribution < 1.29 is 19.8 Å². The summed E-state index contributed by atoms with van der Waals surface area (Å²) in [6.45, 7) is 7.77. The third kappa shape index (κ3) is 4.59. The van der Waals surface area contributed by atoms with Crippen LogP contribution >= 0.6 is 0 Å². The highest BCUT2D eigenvalue weighted by Gasteiger charge is 2.28. The Bertz CT molecular complexity index is 1010.